The third-order valence-electron chi connectivity index (χ3n) is 2.55. The molecule has 1 aromatic heterocycles. The van der Waals surface area contributed by atoms with Gasteiger partial charge in [0.25, 0.3) is 0 Å². The number of halogens is 3. The van der Waals surface area contributed by atoms with E-state index in [0.717, 1.165) is 10.9 Å². The molecule has 0 amide bonds. The lowest BCUT2D eigenvalue weighted by atomic mass is 10.3. The van der Waals surface area contributed by atoms with Crippen molar-refractivity contribution < 1.29 is 0 Å². The van der Waals surface area contributed by atoms with Gasteiger partial charge in [-0.25, -0.2) is 0 Å². The zero-order chi connectivity index (χ0) is 15.2. The molecule has 0 saturated carbocycles. The Labute approximate surface area is 142 Å². The molecule has 1 heterocycles. The summed E-state index contributed by atoms with van der Waals surface area (Å²) in [5.41, 5.74) is 0.774. The standard InChI is InChI=1S/C13H13Cl3N4S/c1-21-13(17-4-5-20-8-10(15)7-18-20)19-12-3-2-9(14)6-11(12)16/h2-3,6-8H,4-5H2,1H3,(H,17,19). The SMILES string of the molecule is CSC(=NCCn1cc(Cl)cn1)Nc1ccc(Cl)cc1Cl. The highest BCUT2D eigenvalue weighted by Crippen LogP contribution is 2.26. The van der Waals surface area contributed by atoms with Gasteiger partial charge in [0.1, 0.15) is 0 Å². The van der Waals surface area contributed by atoms with Crippen molar-refractivity contribution in [3.63, 3.8) is 0 Å². The van der Waals surface area contributed by atoms with Crippen molar-refractivity contribution in [3.05, 3.63) is 45.7 Å². The van der Waals surface area contributed by atoms with E-state index in [1.807, 2.05) is 12.3 Å². The molecule has 4 nitrogen and oxygen atoms in total. The van der Waals surface area contributed by atoms with Gasteiger partial charge in [0, 0.05) is 11.2 Å². The van der Waals surface area contributed by atoms with Crippen LogP contribution in [0, 0.1) is 0 Å². The van der Waals surface area contributed by atoms with E-state index in [4.69, 9.17) is 34.8 Å². The Bertz CT molecular complexity index is 642. The number of anilines is 1. The minimum atomic E-state index is 0.558. The highest BCUT2D eigenvalue weighted by Gasteiger charge is 2.04. The van der Waals surface area contributed by atoms with Crippen LogP contribution in [0.15, 0.2) is 35.6 Å². The van der Waals surface area contributed by atoms with Gasteiger partial charge in [-0.05, 0) is 24.5 Å². The zero-order valence-electron chi connectivity index (χ0n) is 11.2. The molecular formula is C13H13Cl3N4S. The maximum absolute atomic E-state index is 6.12. The van der Waals surface area contributed by atoms with Gasteiger partial charge >= 0.3 is 0 Å². The highest BCUT2D eigenvalue weighted by atomic mass is 35.5. The topological polar surface area (TPSA) is 42.2 Å². The Balaban J connectivity index is 1.97. The lowest BCUT2D eigenvalue weighted by Gasteiger charge is -2.09. The molecular weight excluding hydrogens is 351 g/mol. The number of amidine groups is 1. The molecule has 0 aliphatic heterocycles. The minimum Gasteiger partial charge on any atom is -0.334 e. The quantitative estimate of drug-likeness (QED) is 0.634. The molecule has 1 aromatic carbocycles. The minimum absolute atomic E-state index is 0.558. The third-order valence-corrected chi connectivity index (χ3v) is 3.91. The van der Waals surface area contributed by atoms with Gasteiger partial charge < -0.3 is 5.32 Å². The van der Waals surface area contributed by atoms with Gasteiger partial charge in [-0.2, -0.15) is 5.10 Å². The predicted octanol–water partition coefficient (Wildman–Crippen LogP) is 4.67. The summed E-state index contributed by atoms with van der Waals surface area (Å²) in [5.74, 6) is 0. The van der Waals surface area contributed by atoms with Crippen LogP contribution >= 0.6 is 46.6 Å². The molecule has 0 unspecified atom stereocenters. The van der Waals surface area contributed by atoms with Crippen LogP contribution in [-0.4, -0.2) is 27.7 Å². The zero-order valence-corrected chi connectivity index (χ0v) is 14.3. The van der Waals surface area contributed by atoms with Crippen LogP contribution in [0.2, 0.25) is 15.1 Å². The summed E-state index contributed by atoms with van der Waals surface area (Å²) in [6, 6.07) is 5.29. The van der Waals surface area contributed by atoms with Crippen LogP contribution in [0.4, 0.5) is 5.69 Å². The molecule has 2 rings (SSSR count). The van der Waals surface area contributed by atoms with Crippen LogP contribution < -0.4 is 5.32 Å². The highest BCUT2D eigenvalue weighted by molar-refractivity contribution is 8.13. The fraction of sp³-hybridized carbons (Fsp3) is 0.231. The first-order chi connectivity index (χ1) is 10.1. The van der Waals surface area contributed by atoms with Crippen LogP contribution in [0.1, 0.15) is 0 Å². The van der Waals surface area contributed by atoms with Gasteiger partial charge in [0.15, 0.2) is 5.17 Å². The van der Waals surface area contributed by atoms with E-state index < -0.39 is 0 Å². The molecule has 0 aliphatic carbocycles. The number of rotatable bonds is 4. The van der Waals surface area contributed by atoms with E-state index in [9.17, 15) is 0 Å². The largest absolute Gasteiger partial charge is 0.334 e. The Hall–Kier alpha value is -0.880. The molecule has 1 N–H and O–H groups in total. The Morgan fingerprint density at radius 3 is 2.76 bits per heavy atom. The number of hydrogen-bond donors (Lipinski definition) is 1. The maximum Gasteiger partial charge on any atom is 0.160 e. The average Bonchev–Trinajstić information content (AvgIpc) is 2.86. The number of thioether (sulfide) groups is 1. The summed E-state index contributed by atoms with van der Waals surface area (Å²) in [6.07, 6.45) is 5.31. The van der Waals surface area contributed by atoms with E-state index in [-0.39, 0.29) is 0 Å². The summed E-state index contributed by atoms with van der Waals surface area (Å²) in [5, 5.41) is 9.84. The van der Waals surface area contributed by atoms with Crippen LogP contribution in [0.5, 0.6) is 0 Å². The molecule has 0 radical (unpaired) electrons. The first-order valence-corrected chi connectivity index (χ1v) is 8.43. The predicted molar refractivity (Wildman–Crippen MR) is 93.1 cm³/mol. The van der Waals surface area contributed by atoms with Gasteiger partial charge in [0.05, 0.1) is 35.0 Å². The molecule has 2 aromatic rings. The van der Waals surface area contributed by atoms with Crippen molar-refractivity contribution >= 4 is 57.4 Å². The van der Waals surface area contributed by atoms with Crippen molar-refractivity contribution in [3.8, 4) is 0 Å². The first-order valence-electron chi connectivity index (χ1n) is 6.07. The molecule has 0 spiro atoms. The molecule has 21 heavy (non-hydrogen) atoms. The van der Waals surface area contributed by atoms with Gasteiger partial charge in [-0.1, -0.05) is 46.6 Å². The molecule has 0 bridgehead atoms. The number of nitrogens with one attached hydrogen (secondary N) is 1. The van der Waals surface area contributed by atoms with Crippen LogP contribution in [0.25, 0.3) is 0 Å². The maximum atomic E-state index is 6.12. The van der Waals surface area contributed by atoms with E-state index in [1.54, 1.807) is 29.2 Å². The number of benzene rings is 1. The van der Waals surface area contributed by atoms with Crippen molar-refractivity contribution in [2.24, 2.45) is 4.99 Å². The number of nitrogens with zero attached hydrogens (tertiary/aromatic N) is 3. The van der Waals surface area contributed by atoms with E-state index in [0.29, 0.717) is 28.2 Å². The second kappa shape index (κ2) is 7.94. The first kappa shape index (κ1) is 16.5. The van der Waals surface area contributed by atoms with Gasteiger partial charge in [-0.15, -0.1) is 0 Å². The van der Waals surface area contributed by atoms with Crippen molar-refractivity contribution in [2.45, 2.75) is 6.54 Å². The van der Waals surface area contributed by atoms with Crippen LogP contribution in [0.3, 0.4) is 0 Å². The van der Waals surface area contributed by atoms with E-state index in [2.05, 4.69) is 15.4 Å². The monoisotopic (exact) mass is 362 g/mol. The summed E-state index contributed by atoms with van der Waals surface area (Å²) in [4.78, 5) is 4.48. The average molecular weight is 364 g/mol. The second-order valence-corrected chi connectivity index (χ2v) is 6.14. The molecule has 0 saturated heterocycles. The smallest absolute Gasteiger partial charge is 0.160 e. The van der Waals surface area contributed by atoms with E-state index in [1.165, 1.54) is 11.8 Å². The van der Waals surface area contributed by atoms with Crippen LogP contribution in [-0.2, 0) is 6.54 Å². The number of hydrogen-bond acceptors (Lipinski definition) is 3. The lowest BCUT2D eigenvalue weighted by molar-refractivity contribution is 0.626. The molecule has 112 valence electrons. The summed E-state index contributed by atoms with van der Waals surface area (Å²) in [6.45, 7) is 1.25. The molecule has 0 fully saturated rings. The van der Waals surface area contributed by atoms with E-state index >= 15 is 0 Å². The normalized spacial score (nSPS) is 11.7. The fourth-order valence-electron chi connectivity index (χ4n) is 1.58. The molecule has 0 aliphatic rings. The Kier molecular flexibility index (Phi) is 6.23. The summed E-state index contributed by atoms with van der Waals surface area (Å²) >= 11 is 19.3. The summed E-state index contributed by atoms with van der Waals surface area (Å²) in [7, 11) is 0. The number of aliphatic imine (C=N–C) groups is 1. The fourth-order valence-corrected chi connectivity index (χ4v) is 2.62. The summed E-state index contributed by atoms with van der Waals surface area (Å²) < 4.78 is 1.75. The molecule has 0 atom stereocenters. The Morgan fingerprint density at radius 2 is 2.14 bits per heavy atom. The number of aromatic nitrogens is 2. The van der Waals surface area contributed by atoms with Gasteiger partial charge in [0.2, 0.25) is 0 Å². The van der Waals surface area contributed by atoms with Gasteiger partial charge in [-0.3, -0.25) is 9.67 Å². The second-order valence-electron chi connectivity index (χ2n) is 4.06. The Morgan fingerprint density at radius 1 is 1.33 bits per heavy atom. The van der Waals surface area contributed by atoms with Crippen molar-refractivity contribution in [2.75, 3.05) is 18.1 Å². The van der Waals surface area contributed by atoms with Crippen molar-refractivity contribution in [1.29, 1.82) is 0 Å². The lowest BCUT2D eigenvalue weighted by Crippen LogP contribution is -2.10. The van der Waals surface area contributed by atoms with Crippen molar-refractivity contribution in [1.82, 2.24) is 9.78 Å². The third kappa shape index (κ3) is 5.11. The molecule has 8 heteroatoms.